The van der Waals surface area contributed by atoms with Gasteiger partial charge in [0.05, 0.1) is 36.8 Å². The van der Waals surface area contributed by atoms with E-state index < -0.39 is 36.9 Å². The Morgan fingerprint density at radius 1 is 1.16 bits per heavy atom. The average Bonchev–Trinajstić information content (AvgIpc) is 2.97. The number of nitrogens with zero attached hydrogens (tertiary/aromatic N) is 2. The lowest BCUT2D eigenvalue weighted by atomic mass is 10.0. The Morgan fingerprint density at radius 3 is 2.57 bits per heavy atom. The summed E-state index contributed by atoms with van der Waals surface area (Å²) in [7, 11) is 2.04. The van der Waals surface area contributed by atoms with Gasteiger partial charge in [-0.25, -0.2) is 0 Å². The lowest BCUT2D eigenvalue weighted by molar-refractivity contribution is -0.142. The molecule has 8 nitrogen and oxygen atoms in total. The number of benzene rings is 2. The van der Waals surface area contributed by atoms with Crippen LogP contribution in [0.25, 0.3) is 0 Å². The van der Waals surface area contributed by atoms with E-state index >= 15 is 0 Å². The van der Waals surface area contributed by atoms with Crippen LogP contribution < -0.4 is 10.1 Å². The number of aliphatic hydroxyl groups is 1. The number of ether oxygens (including phenoxy) is 2. The van der Waals surface area contributed by atoms with Crippen LogP contribution in [-0.4, -0.2) is 84.5 Å². The smallest absolute Gasteiger partial charge is 0.389 e. The molecule has 2 N–H and O–H groups in total. The number of carbonyl (C=O) groups excluding carboxylic acids is 2. The largest absolute Gasteiger partial charge is 0.490 e. The van der Waals surface area contributed by atoms with E-state index in [1.807, 2.05) is 39.1 Å². The number of carbonyl (C=O) groups is 2. The van der Waals surface area contributed by atoms with Gasteiger partial charge >= 0.3 is 6.18 Å². The number of anilines is 1. The molecule has 0 spiro atoms. The van der Waals surface area contributed by atoms with E-state index in [0.29, 0.717) is 18.9 Å². The maximum atomic E-state index is 14.1. The molecule has 44 heavy (non-hydrogen) atoms. The van der Waals surface area contributed by atoms with Crippen LogP contribution in [0.5, 0.6) is 5.75 Å². The van der Waals surface area contributed by atoms with Crippen molar-refractivity contribution in [2.75, 3.05) is 38.7 Å². The number of alkyl halides is 3. The molecule has 244 valence electrons. The lowest BCUT2D eigenvalue weighted by Crippen LogP contribution is -2.47. The van der Waals surface area contributed by atoms with Crippen LogP contribution in [0, 0.1) is 5.92 Å². The Hall–Kier alpha value is -3.15. The first-order chi connectivity index (χ1) is 20.9. The number of fused-ring (bicyclic) bond motifs is 1. The first-order valence-electron chi connectivity index (χ1n) is 15.3. The van der Waals surface area contributed by atoms with Crippen LogP contribution in [0.2, 0.25) is 0 Å². The van der Waals surface area contributed by atoms with Gasteiger partial charge in [-0.2, -0.15) is 13.2 Å². The van der Waals surface area contributed by atoms with Crippen molar-refractivity contribution in [1.29, 1.82) is 0 Å². The molecule has 1 aliphatic heterocycles. The second-order valence-corrected chi connectivity index (χ2v) is 11.9. The third-order valence-corrected chi connectivity index (χ3v) is 7.76. The van der Waals surface area contributed by atoms with Crippen molar-refractivity contribution in [3.63, 3.8) is 0 Å². The van der Waals surface area contributed by atoms with Crippen LogP contribution in [0.4, 0.5) is 18.9 Å². The monoisotopic (exact) mass is 621 g/mol. The molecule has 0 fully saturated rings. The Kier molecular flexibility index (Phi) is 13.5. The summed E-state index contributed by atoms with van der Waals surface area (Å²) in [5, 5.41) is 12.6. The lowest BCUT2D eigenvalue weighted by Gasteiger charge is -2.36. The van der Waals surface area contributed by atoms with Gasteiger partial charge in [-0.15, -0.1) is 0 Å². The van der Waals surface area contributed by atoms with Crippen molar-refractivity contribution < 1.29 is 37.3 Å². The van der Waals surface area contributed by atoms with E-state index in [0.717, 1.165) is 25.8 Å². The number of amides is 2. The summed E-state index contributed by atoms with van der Waals surface area (Å²) in [6.45, 7) is 7.62. The van der Waals surface area contributed by atoms with E-state index in [1.54, 1.807) is 17.9 Å². The second kappa shape index (κ2) is 16.8. The molecule has 1 aliphatic rings. The zero-order valence-corrected chi connectivity index (χ0v) is 26.1. The third kappa shape index (κ3) is 11.4. The number of hydrogen-bond donors (Lipinski definition) is 2. The summed E-state index contributed by atoms with van der Waals surface area (Å²) in [5.74, 6) is -1.02. The minimum Gasteiger partial charge on any atom is -0.490 e. The predicted molar refractivity (Wildman–Crippen MR) is 164 cm³/mol. The maximum absolute atomic E-state index is 14.1. The molecule has 2 amide bonds. The summed E-state index contributed by atoms with van der Waals surface area (Å²) in [6, 6.07) is 14.1. The first kappa shape index (κ1) is 35.3. The van der Waals surface area contributed by atoms with Gasteiger partial charge in [-0.1, -0.05) is 37.3 Å². The van der Waals surface area contributed by atoms with Gasteiger partial charge in [0, 0.05) is 44.3 Å². The van der Waals surface area contributed by atoms with Crippen molar-refractivity contribution in [3.8, 4) is 5.75 Å². The molecule has 0 aliphatic carbocycles. The standard InChI is InChI=1S/C33H46F3N3O5/c1-23-19-39(24(2)22-40)32(42)28-18-27(37-31(41)15-16-33(34,35)36)13-14-29(28)44-25(3)10-8-9-17-43-30(23)21-38(4)20-26-11-6-5-7-12-26/h5-7,11-14,18,23-25,30,40H,8-10,15-17,19-22H2,1-4H3,(H,37,41)/t23-,24-,25-,30+/m1/s1. The Labute approximate surface area is 258 Å². The number of hydrogen-bond acceptors (Lipinski definition) is 6. The van der Waals surface area contributed by atoms with E-state index in [1.165, 1.54) is 17.7 Å². The minimum absolute atomic E-state index is 0.109. The van der Waals surface area contributed by atoms with Crippen molar-refractivity contribution >= 4 is 17.5 Å². The molecule has 2 aromatic carbocycles. The quantitative estimate of drug-likeness (QED) is 0.363. The van der Waals surface area contributed by atoms with Gasteiger partial charge in [-0.05, 0) is 63.9 Å². The van der Waals surface area contributed by atoms with Gasteiger partial charge in [0.2, 0.25) is 5.91 Å². The van der Waals surface area contributed by atoms with E-state index in [-0.39, 0.29) is 42.5 Å². The normalized spacial score (nSPS) is 21.2. The Morgan fingerprint density at radius 2 is 1.89 bits per heavy atom. The van der Waals surface area contributed by atoms with Gasteiger partial charge in [0.25, 0.3) is 5.91 Å². The minimum atomic E-state index is -4.45. The molecule has 0 radical (unpaired) electrons. The highest BCUT2D eigenvalue weighted by Crippen LogP contribution is 2.29. The van der Waals surface area contributed by atoms with Crippen LogP contribution in [0.1, 0.15) is 68.8 Å². The molecule has 4 atom stereocenters. The SMILES string of the molecule is C[C@@H]1CCCCO[C@@H](CN(C)Cc2ccccc2)[C@H](C)CN([C@H](C)CO)C(=O)c2cc(NC(=O)CCC(F)(F)F)ccc2O1. The van der Waals surface area contributed by atoms with E-state index in [9.17, 15) is 27.9 Å². The summed E-state index contributed by atoms with van der Waals surface area (Å²) < 4.78 is 50.5. The predicted octanol–water partition coefficient (Wildman–Crippen LogP) is 5.90. The van der Waals surface area contributed by atoms with Gasteiger partial charge < -0.3 is 24.8 Å². The zero-order chi connectivity index (χ0) is 32.3. The van der Waals surface area contributed by atoms with Crippen molar-refractivity contribution in [2.45, 2.75) is 83.8 Å². The highest BCUT2D eigenvalue weighted by atomic mass is 19.4. The molecule has 0 aromatic heterocycles. The fourth-order valence-corrected chi connectivity index (χ4v) is 5.21. The first-order valence-corrected chi connectivity index (χ1v) is 15.3. The van der Waals surface area contributed by atoms with Crippen LogP contribution >= 0.6 is 0 Å². The molecule has 3 rings (SSSR count). The van der Waals surface area contributed by atoms with E-state index in [2.05, 4.69) is 22.3 Å². The Balaban J connectivity index is 1.89. The summed E-state index contributed by atoms with van der Waals surface area (Å²) in [5.41, 5.74) is 1.53. The highest BCUT2D eigenvalue weighted by molar-refractivity contribution is 5.99. The fourth-order valence-electron chi connectivity index (χ4n) is 5.21. The molecule has 1 heterocycles. The Bertz CT molecular complexity index is 1200. The van der Waals surface area contributed by atoms with Gasteiger partial charge in [0.1, 0.15) is 5.75 Å². The number of rotatable bonds is 9. The molecule has 0 unspecified atom stereocenters. The summed E-state index contributed by atoms with van der Waals surface area (Å²) in [6.07, 6.45) is -4.44. The van der Waals surface area contributed by atoms with Crippen LogP contribution in [-0.2, 0) is 16.1 Å². The number of likely N-dealkylation sites (N-methyl/N-ethyl adjacent to an activating group) is 1. The third-order valence-electron chi connectivity index (χ3n) is 7.76. The summed E-state index contributed by atoms with van der Waals surface area (Å²) in [4.78, 5) is 30.2. The maximum Gasteiger partial charge on any atom is 0.389 e. The van der Waals surface area contributed by atoms with Gasteiger partial charge in [-0.3, -0.25) is 14.5 Å². The van der Waals surface area contributed by atoms with E-state index in [4.69, 9.17) is 9.47 Å². The van der Waals surface area contributed by atoms with Crippen LogP contribution in [0.15, 0.2) is 48.5 Å². The topological polar surface area (TPSA) is 91.3 Å². The molecule has 11 heteroatoms. The van der Waals surface area contributed by atoms with Crippen molar-refractivity contribution in [1.82, 2.24) is 9.80 Å². The molecular weight excluding hydrogens is 575 g/mol. The highest BCUT2D eigenvalue weighted by Gasteiger charge is 2.31. The molecule has 0 saturated heterocycles. The molecule has 0 saturated carbocycles. The molecular formula is C33H46F3N3O5. The number of halogens is 3. The summed E-state index contributed by atoms with van der Waals surface area (Å²) >= 11 is 0. The zero-order valence-electron chi connectivity index (χ0n) is 26.1. The second-order valence-electron chi connectivity index (χ2n) is 11.9. The van der Waals surface area contributed by atoms with Crippen LogP contribution in [0.3, 0.4) is 0 Å². The van der Waals surface area contributed by atoms with Crippen molar-refractivity contribution in [3.05, 3.63) is 59.7 Å². The fraction of sp³-hybridized carbons (Fsp3) is 0.576. The molecule has 0 bridgehead atoms. The molecule has 2 aromatic rings. The number of nitrogens with one attached hydrogen (secondary N) is 1. The average molecular weight is 622 g/mol. The van der Waals surface area contributed by atoms with Crippen molar-refractivity contribution in [2.24, 2.45) is 5.92 Å². The number of aliphatic hydroxyl groups excluding tert-OH is 1. The van der Waals surface area contributed by atoms with Gasteiger partial charge in [0.15, 0.2) is 0 Å².